The molecule has 25 heteroatoms. The highest BCUT2D eigenvalue weighted by molar-refractivity contribution is 8.54. The molecule has 0 saturated carbocycles. The van der Waals surface area contributed by atoms with Crippen molar-refractivity contribution in [2.24, 2.45) is 0 Å². The molecule has 2 aliphatic rings. The number of rotatable bonds is 11. The molecule has 2 aliphatic heterocycles. The molecule has 10 atom stereocenters. The van der Waals surface area contributed by atoms with Crippen molar-refractivity contribution >= 4 is 82.8 Å². The van der Waals surface area contributed by atoms with Crippen molar-refractivity contribution in [3.8, 4) is 0 Å². The molecule has 2 unspecified atom stereocenters. The molecule has 0 aromatic carbocycles. The number of imidazole rings is 2. The van der Waals surface area contributed by atoms with E-state index in [1.165, 1.54) is 21.8 Å². The van der Waals surface area contributed by atoms with Gasteiger partial charge < -0.3 is 40.0 Å². The van der Waals surface area contributed by atoms with E-state index in [1.807, 2.05) is 0 Å². The lowest BCUT2D eigenvalue weighted by Crippen LogP contribution is -2.32. The predicted octanol–water partition coefficient (Wildman–Crippen LogP) is 0.417. The lowest BCUT2D eigenvalue weighted by Gasteiger charge is -2.26. The lowest BCUT2D eigenvalue weighted by atomic mass is 10.1. The molecular formula is C21H26F2N10O8P2S3. The van der Waals surface area contributed by atoms with Crippen LogP contribution in [0.15, 0.2) is 23.8 Å². The molecule has 6 rings (SSSR count). The van der Waals surface area contributed by atoms with Crippen molar-refractivity contribution in [2.45, 2.75) is 55.6 Å². The van der Waals surface area contributed by atoms with Crippen LogP contribution in [-0.2, 0) is 46.7 Å². The second-order valence-electron chi connectivity index (χ2n) is 10.1. The van der Waals surface area contributed by atoms with Crippen LogP contribution in [0, 0.1) is 0 Å². The fraction of sp³-hybridized carbons (Fsp3) is 0.524. The Morgan fingerprint density at radius 2 is 1.76 bits per heavy atom. The summed E-state index contributed by atoms with van der Waals surface area (Å²) in [5, 5.41) is 9.67. The second-order valence-corrected chi connectivity index (χ2v) is 16.9. The molecule has 250 valence electrons. The molecule has 0 aliphatic carbocycles. The van der Waals surface area contributed by atoms with Crippen LogP contribution in [0.3, 0.4) is 0 Å². The number of aliphatic hydroxyl groups excluding tert-OH is 1. The number of halogens is 2. The monoisotopic (exact) mass is 742 g/mol. The highest BCUT2D eigenvalue weighted by atomic mass is 32.9. The Hall–Kier alpha value is -2.27. The van der Waals surface area contributed by atoms with Gasteiger partial charge in [-0.3, -0.25) is 23.4 Å². The summed E-state index contributed by atoms with van der Waals surface area (Å²) in [4.78, 5) is 45.6. The molecule has 0 radical (unpaired) electrons. The zero-order valence-corrected chi connectivity index (χ0v) is 27.5. The van der Waals surface area contributed by atoms with E-state index in [0.29, 0.717) is 0 Å². The maximum Gasteiger partial charge on any atom is 0.325 e. The number of nitrogen functional groups attached to an aromatic ring is 2. The first-order valence-electron chi connectivity index (χ1n) is 13.3. The number of ether oxygens (including phenoxy) is 2. The number of alkyl halides is 2. The summed E-state index contributed by atoms with van der Waals surface area (Å²) < 4.78 is 61.9. The van der Waals surface area contributed by atoms with Gasteiger partial charge in [0.25, 0.3) is 5.56 Å². The van der Waals surface area contributed by atoms with Crippen LogP contribution in [0.1, 0.15) is 18.9 Å². The SMILES string of the molecule is Nc1nc2c(ncn2[C@@H]2O[C@H](CO)[C@@H](F)[C@H]2OP(O)(=S)OCC[C@H]2O[C@@H](n3cnc4c(N)ncnc43)[C@@H](F)[C@@H]2O[PH](=S)S)c(=O)[nH]1. The molecule has 4 aromatic heterocycles. The summed E-state index contributed by atoms with van der Waals surface area (Å²) in [5.41, 5.74) is 11.1. The fourth-order valence-corrected chi connectivity index (χ4v) is 7.90. The third-order valence-electron chi connectivity index (χ3n) is 7.25. The van der Waals surface area contributed by atoms with Gasteiger partial charge in [0.05, 0.1) is 32.0 Å². The van der Waals surface area contributed by atoms with Gasteiger partial charge in [-0.05, 0) is 11.8 Å². The first-order valence-corrected chi connectivity index (χ1v) is 19.7. The highest BCUT2D eigenvalue weighted by Gasteiger charge is 2.50. The molecule has 6 heterocycles. The Bertz CT molecular complexity index is 1890. The average molecular weight is 743 g/mol. The summed E-state index contributed by atoms with van der Waals surface area (Å²) in [6.45, 7) is -5.33. The van der Waals surface area contributed by atoms with E-state index >= 15 is 8.78 Å². The minimum Gasteiger partial charge on any atom is -0.394 e. The molecule has 2 saturated heterocycles. The van der Waals surface area contributed by atoms with Gasteiger partial charge in [0.1, 0.15) is 36.3 Å². The molecule has 7 N–H and O–H groups in total. The Kier molecular flexibility index (Phi) is 9.74. The van der Waals surface area contributed by atoms with Gasteiger partial charge in [-0.15, -0.1) is 12.2 Å². The van der Waals surface area contributed by atoms with Gasteiger partial charge in [0, 0.05) is 6.42 Å². The summed E-state index contributed by atoms with van der Waals surface area (Å²) in [5.74, 6) is -0.142. The van der Waals surface area contributed by atoms with Gasteiger partial charge in [-0.2, -0.15) is 4.98 Å². The molecule has 18 nitrogen and oxygen atoms in total. The summed E-state index contributed by atoms with van der Waals surface area (Å²) in [6.07, 6.45) is -10.1. The van der Waals surface area contributed by atoms with Crippen molar-refractivity contribution < 1.29 is 41.8 Å². The molecule has 46 heavy (non-hydrogen) atoms. The molecule has 0 spiro atoms. The number of hydrogen-bond donors (Lipinski definition) is 6. The van der Waals surface area contributed by atoms with E-state index in [2.05, 4.69) is 42.2 Å². The van der Waals surface area contributed by atoms with Gasteiger partial charge in [-0.1, -0.05) is 11.8 Å². The fourth-order valence-electron chi connectivity index (χ4n) is 5.24. The third kappa shape index (κ3) is 6.43. The van der Waals surface area contributed by atoms with Crippen molar-refractivity contribution in [1.82, 2.24) is 39.0 Å². The number of anilines is 2. The quantitative estimate of drug-likeness (QED) is 0.0900. The largest absolute Gasteiger partial charge is 0.394 e. The maximum atomic E-state index is 15.8. The number of aliphatic hydroxyl groups is 1. The average Bonchev–Trinajstić information content (AvgIpc) is 3.75. The number of hydrogen-bond acceptors (Lipinski definition) is 16. The van der Waals surface area contributed by atoms with Crippen molar-refractivity contribution in [2.75, 3.05) is 24.7 Å². The van der Waals surface area contributed by atoms with E-state index in [9.17, 15) is 14.8 Å². The minimum absolute atomic E-state index is 0.0655. The van der Waals surface area contributed by atoms with Crippen LogP contribution < -0.4 is 17.0 Å². The zero-order chi connectivity index (χ0) is 32.9. The smallest absolute Gasteiger partial charge is 0.325 e. The third-order valence-corrected chi connectivity index (χ3v) is 9.92. The van der Waals surface area contributed by atoms with E-state index in [4.69, 9.17) is 58.1 Å². The number of thiol groups is 1. The lowest BCUT2D eigenvalue weighted by molar-refractivity contribution is -0.0486. The maximum absolute atomic E-state index is 15.8. The zero-order valence-electron chi connectivity index (χ0n) is 23.1. The molecule has 0 bridgehead atoms. The van der Waals surface area contributed by atoms with E-state index in [-0.39, 0.29) is 47.1 Å². The van der Waals surface area contributed by atoms with Gasteiger partial charge in [0.2, 0.25) is 5.95 Å². The number of aromatic amines is 1. The van der Waals surface area contributed by atoms with Gasteiger partial charge in [-0.25, -0.2) is 28.7 Å². The highest BCUT2D eigenvalue weighted by Crippen LogP contribution is 2.51. The number of fused-ring (bicyclic) bond motifs is 2. The van der Waals surface area contributed by atoms with Crippen LogP contribution in [0.4, 0.5) is 20.5 Å². The molecular weight excluding hydrogens is 716 g/mol. The van der Waals surface area contributed by atoms with Crippen LogP contribution in [0.5, 0.6) is 0 Å². The normalized spacial score (nSPS) is 30.3. The van der Waals surface area contributed by atoms with E-state index in [1.54, 1.807) is 0 Å². The summed E-state index contributed by atoms with van der Waals surface area (Å²) >= 11 is 14.4. The van der Waals surface area contributed by atoms with Crippen molar-refractivity contribution in [3.63, 3.8) is 0 Å². The van der Waals surface area contributed by atoms with Gasteiger partial charge >= 0.3 is 6.72 Å². The molecule has 0 amide bonds. The van der Waals surface area contributed by atoms with Crippen LogP contribution in [-0.4, -0.2) is 99.0 Å². The Morgan fingerprint density at radius 3 is 2.48 bits per heavy atom. The topological polar surface area (TPSA) is 246 Å². The van der Waals surface area contributed by atoms with Crippen LogP contribution >= 0.6 is 25.1 Å². The van der Waals surface area contributed by atoms with E-state index < -0.39 is 74.2 Å². The first-order chi connectivity index (χ1) is 21.9. The minimum atomic E-state index is -4.24. The first kappa shape index (κ1) is 33.6. The number of nitrogens with two attached hydrogens (primary N) is 2. The molecule has 2 fully saturated rings. The van der Waals surface area contributed by atoms with E-state index in [0.717, 1.165) is 6.33 Å². The standard InChI is InChI=1S/C21H26F2N10O8P2S3/c22-9-8(3-34)39-20(33-6-29-12-17(33)30-21(25)31-18(12)35)14(9)41-43(36,46)37-2-1-7-13(40-42(44)45)10(23)19(38-7)32-5-28-11-15(24)26-4-27-16(11)32/h4-10,13-14,19-20,34,42H,1-3H2,(H,36,46)(H,44,45)(H2,24,26,27)(H3,25,30,31,35)/t7-,8-,9-,10+,13-,14-,19-,20-,43?/m1/s1. The second kappa shape index (κ2) is 13.3. The number of H-pyrrole nitrogens is 1. The number of aromatic nitrogens is 8. The summed E-state index contributed by atoms with van der Waals surface area (Å²) in [6, 6.07) is 0. The Balaban J connectivity index is 1.17. The van der Waals surface area contributed by atoms with Gasteiger partial charge in [0.15, 0.2) is 47.4 Å². The predicted molar refractivity (Wildman–Crippen MR) is 168 cm³/mol. The van der Waals surface area contributed by atoms with Crippen molar-refractivity contribution in [3.05, 3.63) is 29.3 Å². The Labute approximate surface area is 272 Å². The number of nitrogens with zero attached hydrogens (tertiary/aromatic N) is 7. The summed E-state index contributed by atoms with van der Waals surface area (Å²) in [7, 11) is 0. The van der Waals surface area contributed by atoms with Crippen molar-refractivity contribution in [1.29, 1.82) is 0 Å². The Morgan fingerprint density at radius 1 is 1.07 bits per heavy atom. The van der Waals surface area contributed by atoms with Crippen LogP contribution in [0.2, 0.25) is 0 Å². The van der Waals surface area contributed by atoms with Crippen LogP contribution in [0.25, 0.3) is 22.3 Å². The molecule has 4 aromatic rings. The number of nitrogens with one attached hydrogen (secondary N) is 1.